The van der Waals surface area contributed by atoms with Gasteiger partial charge in [0, 0.05) is 0 Å². The monoisotopic (exact) mass is 223 g/mol. The van der Waals surface area contributed by atoms with Crippen LogP contribution in [-0.4, -0.2) is 25.0 Å². The molecule has 0 bridgehead atoms. The third-order valence-electron chi connectivity index (χ3n) is 2.89. The molecule has 1 fully saturated rings. The van der Waals surface area contributed by atoms with Gasteiger partial charge in [0.25, 0.3) is 0 Å². The number of fused-ring (bicyclic) bond motifs is 1. The third kappa shape index (κ3) is 1.38. The zero-order valence-electron chi connectivity index (χ0n) is 8.10. The normalized spacial score (nSPS) is 17.7. The van der Waals surface area contributed by atoms with Gasteiger partial charge >= 0.3 is 0 Å². The van der Waals surface area contributed by atoms with Gasteiger partial charge in [0.15, 0.2) is 16.3 Å². The fourth-order valence-corrected chi connectivity index (χ4v) is 2.30. The standard InChI is InChI=1S/C9H10ClN5/c10-8-7-9(12-5-11-8)15(14-13-7)6-3-1-2-4-6/h5-6H,1-4H2. The van der Waals surface area contributed by atoms with Gasteiger partial charge in [-0.05, 0) is 12.8 Å². The first-order valence-electron chi connectivity index (χ1n) is 5.07. The van der Waals surface area contributed by atoms with Crippen LogP contribution < -0.4 is 0 Å². The summed E-state index contributed by atoms with van der Waals surface area (Å²) in [5.74, 6) is 0. The van der Waals surface area contributed by atoms with Crippen LogP contribution in [0.5, 0.6) is 0 Å². The largest absolute Gasteiger partial charge is 0.224 e. The summed E-state index contributed by atoms with van der Waals surface area (Å²) in [6, 6.07) is 0.431. The fraction of sp³-hybridized carbons (Fsp3) is 0.556. The molecule has 2 aromatic rings. The summed E-state index contributed by atoms with van der Waals surface area (Å²) in [5, 5.41) is 8.52. The molecule has 1 saturated carbocycles. The van der Waals surface area contributed by atoms with Crippen molar-refractivity contribution in [3.63, 3.8) is 0 Å². The van der Waals surface area contributed by atoms with Crippen LogP contribution in [0.2, 0.25) is 5.15 Å². The lowest BCUT2D eigenvalue weighted by Gasteiger charge is -2.08. The van der Waals surface area contributed by atoms with E-state index in [1.807, 2.05) is 4.68 Å². The molecule has 0 unspecified atom stereocenters. The summed E-state index contributed by atoms with van der Waals surface area (Å²) in [5.41, 5.74) is 1.35. The molecule has 0 spiro atoms. The first-order chi connectivity index (χ1) is 7.36. The van der Waals surface area contributed by atoms with E-state index in [9.17, 15) is 0 Å². The van der Waals surface area contributed by atoms with Gasteiger partial charge in [-0.1, -0.05) is 29.7 Å². The van der Waals surface area contributed by atoms with Crippen LogP contribution in [-0.2, 0) is 0 Å². The Hall–Kier alpha value is -1.23. The Morgan fingerprint density at radius 3 is 2.87 bits per heavy atom. The lowest BCUT2D eigenvalue weighted by Crippen LogP contribution is -2.07. The van der Waals surface area contributed by atoms with Crippen molar-refractivity contribution in [1.82, 2.24) is 25.0 Å². The topological polar surface area (TPSA) is 56.5 Å². The number of nitrogens with zero attached hydrogens (tertiary/aromatic N) is 5. The zero-order chi connectivity index (χ0) is 10.3. The highest BCUT2D eigenvalue weighted by Crippen LogP contribution is 2.30. The number of hydrogen-bond acceptors (Lipinski definition) is 4. The van der Waals surface area contributed by atoms with Gasteiger partial charge in [-0.25, -0.2) is 14.6 Å². The van der Waals surface area contributed by atoms with E-state index in [1.165, 1.54) is 19.2 Å². The molecule has 0 radical (unpaired) electrons. The minimum absolute atomic E-state index is 0.379. The van der Waals surface area contributed by atoms with Gasteiger partial charge in [0.2, 0.25) is 0 Å². The fourth-order valence-electron chi connectivity index (χ4n) is 2.13. The molecule has 2 heterocycles. The Kier molecular flexibility index (Phi) is 2.05. The van der Waals surface area contributed by atoms with Crippen LogP contribution in [0.4, 0.5) is 0 Å². The van der Waals surface area contributed by atoms with Crippen molar-refractivity contribution in [3.8, 4) is 0 Å². The SMILES string of the molecule is Clc1ncnc2c1nnn2C1CCCC1. The summed E-state index contributed by atoms with van der Waals surface area (Å²) < 4.78 is 1.88. The predicted molar refractivity (Wildman–Crippen MR) is 55.6 cm³/mol. The molecule has 0 aliphatic heterocycles. The van der Waals surface area contributed by atoms with E-state index in [-0.39, 0.29) is 0 Å². The molecule has 78 valence electrons. The van der Waals surface area contributed by atoms with E-state index in [0.717, 1.165) is 18.5 Å². The second kappa shape index (κ2) is 3.41. The van der Waals surface area contributed by atoms with Crippen molar-refractivity contribution in [3.05, 3.63) is 11.5 Å². The van der Waals surface area contributed by atoms with Crippen molar-refractivity contribution >= 4 is 22.8 Å². The van der Waals surface area contributed by atoms with Gasteiger partial charge in [0.1, 0.15) is 6.33 Å². The van der Waals surface area contributed by atoms with E-state index in [1.54, 1.807) is 0 Å². The molecule has 1 aliphatic rings. The van der Waals surface area contributed by atoms with Gasteiger partial charge < -0.3 is 0 Å². The molecule has 0 saturated heterocycles. The first-order valence-corrected chi connectivity index (χ1v) is 5.45. The number of aromatic nitrogens is 5. The first kappa shape index (κ1) is 9.03. The summed E-state index contributed by atoms with van der Waals surface area (Å²) in [7, 11) is 0. The zero-order valence-corrected chi connectivity index (χ0v) is 8.85. The van der Waals surface area contributed by atoms with Gasteiger partial charge in [0.05, 0.1) is 6.04 Å². The Morgan fingerprint density at radius 1 is 1.27 bits per heavy atom. The molecule has 0 atom stereocenters. The van der Waals surface area contributed by atoms with Gasteiger partial charge in [-0.3, -0.25) is 0 Å². The Labute approximate surface area is 91.5 Å². The average molecular weight is 224 g/mol. The average Bonchev–Trinajstić information content (AvgIpc) is 2.85. The molecule has 15 heavy (non-hydrogen) atoms. The van der Waals surface area contributed by atoms with E-state index in [0.29, 0.717) is 16.7 Å². The van der Waals surface area contributed by atoms with E-state index >= 15 is 0 Å². The van der Waals surface area contributed by atoms with Crippen molar-refractivity contribution < 1.29 is 0 Å². The van der Waals surface area contributed by atoms with Gasteiger partial charge in [-0.15, -0.1) is 5.10 Å². The minimum Gasteiger partial charge on any atom is -0.224 e. The number of rotatable bonds is 1. The molecule has 6 heteroatoms. The van der Waals surface area contributed by atoms with Crippen LogP contribution in [0, 0.1) is 0 Å². The molecule has 0 aromatic carbocycles. The number of halogens is 1. The minimum atomic E-state index is 0.379. The lowest BCUT2D eigenvalue weighted by molar-refractivity contribution is 0.464. The van der Waals surface area contributed by atoms with E-state index in [4.69, 9.17) is 11.6 Å². The van der Waals surface area contributed by atoms with Gasteiger partial charge in [-0.2, -0.15) is 0 Å². The van der Waals surface area contributed by atoms with Crippen molar-refractivity contribution in [1.29, 1.82) is 0 Å². The predicted octanol–water partition coefficient (Wildman–Crippen LogP) is 1.99. The quantitative estimate of drug-likeness (QED) is 0.694. The van der Waals surface area contributed by atoms with Crippen molar-refractivity contribution in [2.24, 2.45) is 0 Å². The van der Waals surface area contributed by atoms with Crippen molar-refractivity contribution in [2.75, 3.05) is 0 Å². The maximum absolute atomic E-state index is 5.91. The van der Waals surface area contributed by atoms with Crippen LogP contribution in [0.15, 0.2) is 6.33 Å². The summed E-state index contributed by atoms with van der Waals surface area (Å²) in [4.78, 5) is 8.07. The van der Waals surface area contributed by atoms with Crippen LogP contribution >= 0.6 is 11.6 Å². The molecule has 0 N–H and O–H groups in total. The molecular formula is C9H10ClN5. The Morgan fingerprint density at radius 2 is 2.07 bits per heavy atom. The second-order valence-electron chi connectivity index (χ2n) is 3.81. The van der Waals surface area contributed by atoms with Crippen LogP contribution in [0.1, 0.15) is 31.7 Å². The molecular weight excluding hydrogens is 214 g/mol. The highest BCUT2D eigenvalue weighted by Gasteiger charge is 2.21. The third-order valence-corrected chi connectivity index (χ3v) is 3.16. The smallest absolute Gasteiger partial charge is 0.183 e. The maximum atomic E-state index is 5.91. The molecule has 3 rings (SSSR count). The van der Waals surface area contributed by atoms with Crippen molar-refractivity contribution in [2.45, 2.75) is 31.7 Å². The number of hydrogen-bond donors (Lipinski definition) is 0. The molecule has 2 aromatic heterocycles. The van der Waals surface area contributed by atoms with Crippen LogP contribution in [0.25, 0.3) is 11.2 Å². The second-order valence-corrected chi connectivity index (χ2v) is 4.17. The summed E-state index contributed by atoms with van der Waals surface area (Å²) >= 11 is 5.91. The van der Waals surface area contributed by atoms with E-state index < -0.39 is 0 Å². The van der Waals surface area contributed by atoms with E-state index in [2.05, 4.69) is 20.3 Å². The molecule has 5 nitrogen and oxygen atoms in total. The maximum Gasteiger partial charge on any atom is 0.183 e. The lowest BCUT2D eigenvalue weighted by atomic mass is 10.2. The summed E-state index contributed by atoms with van der Waals surface area (Å²) in [6.45, 7) is 0. The Balaban J connectivity index is 2.15. The highest BCUT2D eigenvalue weighted by molar-refractivity contribution is 6.33. The molecule has 1 aliphatic carbocycles. The summed E-state index contributed by atoms with van der Waals surface area (Å²) in [6.07, 6.45) is 6.27. The highest BCUT2D eigenvalue weighted by atomic mass is 35.5. The Bertz CT molecular complexity index is 488. The molecule has 0 amide bonds. The van der Waals surface area contributed by atoms with Crippen LogP contribution in [0.3, 0.4) is 0 Å².